The second-order valence-corrected chi connectivity index (χ2v) is 13.1. The van der Waals surface area contributed by atoms with Crippen molar-refractivity contribution in [3.63, 3.8) is 0 Å². The Morgan fingerprint density at radius 2 is 1.88 bits per heavy atom. The Bertz CT molecular complexity index is 1180. The summed E-state index contributed by atoms with van der Waals surface area (Å²) in [6, 6.07) is 15.9. The van der Waals surface area contributed by atoms with E-state index in [0.29, 0.717) is 17.5 Å². The van der Waals surface area contributed by atoms with E-state index in [9.17, 15) is 8.42 Å². The van der Waals surface area contributed by atoms with Gasteiger partial charge in [-0.2, -0.15) is 0 Å². The molecule has 0 radical (unpaired) electrons. The summed E-state index contributed by atoms with van der Waals surface area (Å²) in [6.45, 7) is 4.61. The molecule has 0 N–H and O–H groups in total. The van der Waals surface area contributed by atoms with Crippen LogP contribution in [0.5, 0.6) is 0 Å². The van der Waals surface area contributed by atoms with Crippen molar-refractivity contribution in [2.75, 3.05) is 11.2 Å². The number of rotatable bonds is 11. The Labute approximate surface area is 215 Å². The first kappa shape index (κ1) is 26.5. The Morgan fingerprint density at radius 3 is 2.52 bits per heavy atom. The normalized spacial score (nSPS) is 12.1. The van der Waals surface area contributed by atoms with Gasteiger partial charge >= 0.3 is 198 Å². The number of halogens is 2. The van der Waals surface area contributed by atoms with Crippen LogP contribution in [0.2, 0.25) is 5.02 Å². The van der Waals surface area contributed by atoms with Gasteiger partial charge in [0.15, 0.2) is 0 Å². The summed E-state index contributed by atoms with van der Waals surface area (Å²) in [7, 11) is -3.64. The Morgan fingerprint density at radius 1 is 1.15 bits per heavy atom. The molecule has 0 amide bonds. The van der Waals surface area contributed by atoms with Crippen molar-refractivity contribution in [2.45, 2.75) is 49.6 Å². The fraction of sp³-hybridized carbons (Fsp3) is 0.348. The fourth-order valence-corrected chi connectivity index (χ4v) is 6.56. The van der Waals surface area contributed by atoms with Crippen molar-refractivity contribution in [1.29, 1.82) is 0 Å². The number of hydrogen-bond donors (Lipinski definition) is 0. The first-order valence-corrected chi connectivity index (χ1v) is 16.4. The van der Waals surface area contributed by atoms with Crippen LogP contribution in [0.15, 0.2) is 58.5 Å². The molecule has 10 heteroatoms. The van der Waals surface area contributed by atoms with Crippen LogP contribution in [0.3, 0.4) is 0 Å². The van der Waals surface area contributed by atoms with Gasteiger partial charge < -0.3 is 0 Å². The van der Waals surface area contributed by atoms with Gasteiger partial charge in [-0.15, -0.1) is 0 Å². The molecule has 33 heavy (non-hydrogen) atoms. The van der Waals surface area contributed by atoms with Crippen molar-refractivity contribution >= 4 is 33.5 Å². The molecular formula is C23H27ClIN2O4S2-. The molecule has 180 valence electrons. The molecule has 0 atom stereocenters. The van der Waals surface area contributed by atoms with Crippen molar-refractivity contribution in [1.82, 2.24) is 9.55 Å². The van der Waals surface area contributed by atoms with Crippen molar-refractivity contribution in [2.24, 2.45) is 0 Å². The van der Waals surface area contributed by atoms with Gasteiger partial charge in [0, 0.05) is 0 Å². The number of aromatic nitrogens is 2. The molecular weight excluding hydrogens is 595 g/mol. The maximum atomic E-state index is 11.7. The van der Waals surface area contributed by atoms with Crippen LogP contribution < -0.4 is 21.2 Å². The molecule has 0 bridgehead atoms. The molecule has 0 aliphatic carbocycles. The molecule has 2 aromatic carbocycles. The van der Waals surface area contributed by atoms with Crippen LogP contribution in [0.1, 0.15) is 36.8 Å². The van der Waals surface area contributed by atoms with E-state index >= 15 is 0 Å². The van der Waals surface area contributed by atoms with Gasteiger partial charge in [-0.25, -0.2) is 0 Å². The predicted octanol–water partition coefficient (Wildman–Crippen LogP) is 2.35. The number of alkyl halides is 1. The van der Waals surface area contributed by atoms with E-state index in [1.807, 2.05) is 42.5 Å². The number of imidazole rings is 1. The summed E-state index contributed by atoms with van der Waals surface area (Å²) in [6.07, 6.45) is 1.04. The summed E-state index contributed by atoms with van der Waals surface area (Å²) in [5, 5.41) is 1.52. The van der Waals surface area contributed by atoms with E-state index < -0.39 is 10.1 Å². The molecule has 0 unspecified atom stereocenters. The molecule has 6 nitrogen and oxygen atoms in total. The molecule has 0 aliphatic heterocycles. The van der Waals surface area contributed by atoms with Crippen molar-refractivity contribution in [3.8, 4) is 0 Å². The van der Waals surface area contributed by atoms with E-state index in [-0.39, 0.29) is 40.5 Å². The third kappa shape index (κ3) is 7.97. The van der Waals surface area contributed by atoms with Crippen LogP contribution in [0.4, 0.5) is 0 Å². The minimum absolute atomic E-state index is 0.122. The van der Waals surface area contributed by atoms with Gasteiger partial charge in [-0.05, 0) is 0 Å². The number of benzene rings is 2. The second kappa shape index (κ2) is 12.0. The van der Waals surface area contributed by atoms with E-state index in [0.717, 1.165) is 27.4 Å². The number of hydrogen-bond acceptors (Lipinski definition) is 6. The summed E-state index contributed by atoms with van der Waals surface area (Å²) in [5.74, 6) is 0.739. The molecule has 3 rings (SSSR count). The molecule has 0 spiro atoms. The Balaban J connectivity index is 1.95. The monoisotopic (exact) mass is 621 g/mol. The first-order valence-electron chi connectivity index (χ1n) is 10.2. The van der Waals surface area contributed by atoms with Gasteiger partial charge in [0.2, 0.25) is 0 Å². The van der Waals surface area contributed by atoms with E-state index in [4.69, 9.17) is 25.5 Å². The van der Waals surface area contributed by atoms with E-state index in [2.05, 4.69) is 24.8 Å². The van der Waals surface area contributed by atoms with Gasteiger partial charge in [0.05, 0.1) is 0 Å². The predicted molar refractivity (Wildman–Crippen MR) is 127 cm³/mol. The van der Waals surface area contributed by atoms with Gasteiger partial charge in [0.25, 0.3) is 0 Å². The molecule has 0 saturated heterocycles. The average molecular weight is 622 g/mol. The standard InChI is InChI=1S/C23H27ClIN2O4S2/c1-16(2)22-23(32-20-11-18(24)10-19(12-20)25-3)27(15-31-33(4,28)29)21(26-22)14-30-13-17-8-6-5-7-9-17/h5-12,16H,13-15H2,1-4H3/q-1. The van der Waals surface area contributed by atoms with Gasteiger partial charge in [-0.1, -0.05) is 18.2 Å². The summed E-state index contributed by atoms with van der Waals surface area (Å²) in [5.41, 5.74) is 1.92. The zero-order chi connectivity index (χ0) is 24.0. The molecule has 0 fully saturated rings. The SMILES string of the molecule is C[I-]c1cc(Cl)cc(Sc2c(C(C)C)nc(COCc3ccccc3)n2COS(C)(=O)=O)c1. The molecule has 0 aliphatic rings. The quantitative estimate of drug-likeness (QED) is 0.186. The van der Waals surface area contributed by atoms with Crippen LogP contribution in [0, 0.1) is 3.57 Å². The molecule has 1 aromatic heterocycles. The maximum absolute atomic E-state index is 11.7. The third-order valence-electron chi connectivity index (χ3n) is 4.58. The second-order valence-electron chi connectivity index (χ2n) is 7.63. The summed E-state index contributed by atoms with van der Waals surface area (Å²) >= 11 is 7.74. The van der Waals surface area contributed by atoms with Crippen molar-refractivity contribution in [3.05, 3.63) is 74.2 Å². The van der Waals surface area contributed by atoms with Crippen LogP contribution in [0.25, 0.3) is 0 Å². The number of nitrogens with zero attached hydrogens (tertiary/aromatic N) is 2. The fourth-order valence-electron chi connectivity index (χ4n) is 3.02. The first-order chi connectivity index (χ1) is 15.7. The minimum atomic E-state index is -3.64. The Kier molecular flexibility index (Phi) is 9.66. The zero-order valence-corrected chi connectivity index (χ0v) is 23.5. The van der Waals surface area contributed by atoms with Crippen LogP contribution >= 0.6 is 23.4 Å². The van der Waals surface area contributed by atoms with Crippen LogP contribution in [-0.2, 0) is 39.0 Å². The van der Waals surface area contributed by atoms with Gasteiger partial charge in [0.1, 0.15) is 0 Å². The summed E-state index contributed by atoms with van der Waals surface area (Å²) < 4.78 is 37.6. The Hall–Kier alpha value is -1.11. The topological polar surface area (TPSA) is 70.4 Å². The molecule has 3 aromatic rings. The van der Waals surface area contributed by atoms with E-state index in [1.54, 1.807) is 4.57 Å². The number of ether oxygens (including phenoxy) is 1. The third-order valence-corrected chi connectivity index (χ3v) is 8.29. The molecule has 0 saturated carbocycles. The molecule has 1 heterocycles. The van der Waals surface area contributed by atoms with Crippen LogP contribution in [-0.4, -0.2) is 29.2 Å². The zero-order valence-electron chi connectivity index (χ0n) is 18.9. The van der Waals surface area contributed by atoms with Gasteiger partial charge in [-0.3, -0.25) is 0 Å². The van der Waals surface area contributed by atoms with E-state index in [1.165, 1.54) is 15.3 Å². The van der Waals surface area contributed by atoms with Crippen molar-refractivity contribution < 1.29 is 38.5 Å². The summed E-state index contributed by atoms with van der Waals surface area (Å²) in [4.78, 5) is 7.99. The average Bonchev–Trinajstić information content (AvgIpc) is 3.09.